The summed E-state index contributed by atoms with van der Waals surface area (Å²) in [6.07, 6.45) is 3.19. The quantitative estimate of drug-likeness (QED) is 0.364. The molecule has 0 bridgehead atoms. The summed E-state index contributed by atoms with van der Waals surface area (Å²) >= 11 is 0. The maximum atomic E-state index is 11.3. The number of carbonyl (C=O) groups is 1. The molecule has 0 aliphatic carbocycles. The Hall–Kier alpha value is -0.660. The van der Waals surface area contributed by atoms with Crippen LogP contribution in [0.3, 0.4) is 0 Å². The Morgan fingerprint density at radius 2 is 1.63 bits per heavy atom. The predicted molar refractivity (Wildman–Crippen MR) is 71.3 cm³/mol. The van der Waals surface area contributed by atoms with Crippen LogP contribution in [0.1, 0.15) is 40.0 Å². The summed E-state index contributed by atoms with van der Waals surface area (Å²) in [4.78, 5) is 11.3. The second kappa shape index (κ2) is 8.50. The topological polar surface area (TPSA) is 78.9 Å². The van der Waals surface area contributed by atoms with Gasteiger partial charge in [-0.15, -0.1) is 0 Å². The molecule has 19 heavy (non-hydrogen) atoms. The summed E-state index contributed by atoms with van der Waals surface area (Å²) in [5, 5.41) is 0. The van der Waals surface area contributed by atoms with Gasteiger partial charge in [0.15, 0.2) is 0 Å². The van der Waals surface area contributed by atoms with Crippen molar-refractivity contribution in [3.05, 3.63) is 0 Å². The van der Waals surface area contributed by atoms with E-state index >= 15 is 0 Å². The second-order valence-electron chi connectivity index (χ2n) is 5.23. The van der Waals surface area contributed by atoms with Crippen LogP contribution in [0.25, 0.3) is 0 Å². The molecule has 7 heteroatoms. The van der Waals surface area contributed by atoms with Gasteiger partial charge < -0.3 is 9.47 Å². The van der Waals surface area contributed by atoms with Gasteiger partial charge in [0, 0.05) is 6.61 Å². The first-order valence-corrected chi connectivity index (χ1v) is 8.06. The molecule has 0 unspecified atom stereocenters. The van der Waals surface area contributed by atoms with Crippen LogP contribution in [-0.2, 0) is 28.6 Å². The maximum Gasteiger partial charge on any atom is 0.332 e. The third kappa shape index (κ3) is 15.3. The molecule has 0 amide bonds. The van der Waals surface area contributed by atoms with E-state index in [1.54, 1.807) is 20.8 Å². The molecule has 0 rings (SSSR count). The molecule has 114 valence electrons. The first-order chi connectivity index (χ1) is 8.60. The predicted octanol–water partition coefficient (Wildman–Crippen LogP) is 1.49. The van der Waals surface area contributed by atoms with E-state index in [1.807, 2.05) is 0 Å². The Morgan fingerprint density at radius 1 is 1.05 bits per heavy atom. The number of esters is 1. The molecule has 0 aliphatic heterocycles. The molecule has 0 aromatic rings. The molecule has 0 saturated heterocycles. The Morgan fingerprint density at radius 3 is 2.16 bits per heavy atom. The van der Waals surface area contributed by atoms with E-state index in [0.29, 0.717) is 13.0 Å². The van der Waals surface area contributed by atoms with Gasteiger partial charge in [0.25, 0.3) is 10.1 Å². The molecule has 0 aromatic heterocycles. The van der Waals surface area contributed by atoms with Crippen LogP contribution in [0.5, 0.6) is 0 Å². The smallest absolute Gasteiger partial charge is 0.332 e. The Balaban J connectivity index is 3.39. The molecule has 0 fully saturated rings. The largest absolute Gasteiger partial charge is 0.458 e. The minimum atomic E-state index is -3.34. The number of hydrogen-bond acceptors (Lipinski definition) is 6. The average Bonchev–Trinajstić information content (AvgIpc) is 2.17. The summed E-state index contributed by atoms with van der Waals surface area (Å²) in [7, 11) is -3.34. The monoisotopic (exact) mass is 296 g/mol. The Kier molecular flexibility index (Phi) is 8.20. The van der Waals surface area contributed by atoms with Gasteiger partial charge in [-0.1, -0.05) is 0 Å². The van der Waals surface area contributed by atoms with E-state index in [1.165, 1.54) is 0 Å². The molecule has 6 nitrogen and oxygen atoms in total. The van der Waals surface area contributed by atoms with Crippen LogP contribution in [-0.4, -0.2) is 46.1 Å². The van der Waals surface area contributed by atoms with E-state index in [4.69, 9.17) is 9.47 Å². The van der Waals surface area contributed by atoms with Crippen LogP contribution >= 0.6 is 0 Å². The van der Waals surface area contributed by atoms with Crippen molar-refractivity contribution in [1.29, 1.82) is 0 Å². The molecule has 0 atom stereocenters. The van der Waals surface area contributed by atoms with Gasteiger partial charge >= 0.3 is 5.97 Å². The SMILES string of the molecule is CC(C)(C)OC(=O)COCCCCCOS(C)(=O)=O. The van der Waals surface area contributed by atoms with E-state index in [-0.39, 0.29) is 19.2 Å². The van der Waals surface area contributed by atoms with Crippen LogP contribution in [0.2, 0.25) is 0 Å². The highest BCUT2D eigenvalue weighted by atomic mass is 32.2. The molecule has 0 aromatic carbocycles. The third-order valence-electron chi connectivity index (χ3n) is 1.87. The van der Waals surface area contributed by atoms with Crippen molar-refractivity contribution in [2.24, 2.45) is 0 Å². The third-order valence-corrected chi connectivity index (χ3v) is 2.47. The normalized spacial score (nSPS) is 12.4. The van der Waals surface area contributed by atoms with E-state index in [9.17, 15) is 13.2 Å². The van der Waals surface area contributed by atoms with Crippen molar-refractivity contribution in [1.82, 2.24) is 0 Å². The van der Waals surface area contributed by atoms with Crippen molar-refractivity contribution >= 4 is 16.1 Å². The molecule has 0 heterocycles. The van der Waals surface area contributed by atoms with Crippen molar-refractivity contribution in [2.45, 2.75) is 45.6 Å². The fraction of sp³-hybridized carbons (Fsp3) is 0.917. The summed E-state index contributed by atoms with van der Waals surface area (Å²) < 4.78 is 36.1. The first kappa shape index (κ1) is 18.3. The number of hydrogen-bond donors (Lipinski definition) is 0. The van der Waals surface area contributed by atoms with Crippen molar-refractivity contribution in [3.8, 4) is 0 Å². The lowest BCUT2D eigenvalue weighted by atomic mass is 10.2. The van der Waals surface area contributed by atoms with Gasteiger partial charge in [-0.3, -0.25) is 4.18 Å². The van der Waals surface area contributed by atoms with E-state index in [0.717, 1.165) is 19.1 Å². The van der Waals surface area contributed by atoms with Gasteiger partial charge in [-0.25, -0.2) is 4.79 Å². The molecule has 0 N–H and O–H groups in total. The van der Waals surface area contributed by atoms with Crippen LogP contribution < -0.4 is 0 Å². The van der Waals surface area contributed by atoms with Crippen LogP contribution in [0, 0.1) is 0 Å². The fourth-order valence-corrected chi connectivity index (χ4v) is 1.64. The molecule has 0 spiro atoms. The number of unbranched alkanes of at least 4 members (excludes halogenated alkanes) is 2. The average molecular weight is 296 g/mol. The maximum absolute atomic E-state index is 11.3. The molecular weight excluding hydrogens is 272 g/mol. The number of carbonyl (C=O) groups excluding carboxylic acids is 1. The molecular formula is C12H24O6S. The highest BCUT2D eigenvalue weighted by Crippen LogP contribution is 2.07. The van der Waals surface area contributed by atoms with Gasteiger partial charge in [-0.05, 0) is 40.0 Å². The number of ether oxygens (including phenoxy) is 2. The highest BCUT2D eigenvalue weighted by molar-refractivity contribution is 7.85. The number of rotatable bonds is 9. The van der Waals surface area contributed by atoms with E-state index in [2.05, 4.69) is 4.18 Å². The van der Waals surface area contributed by atoms with Gasteiger partial charge in [-0.2, -0.15) is 8.42 Å². The minimum Gasteiger partial charge on any atom is -0.458 e. The van der Waals surface area contributed by atoms with Gasteiger partial charge in [0.05, 0.1) is 12.9 Å². The van der Waals surface area contributed by atoms with Crippen molar-refractivity contribution in [3.63, 3.8) is 0 Å². The molecule has 0 saturated carbocycles. The second-order valence-corrected chi connectivity index (χ2v) is 6.87. The molecule has 0 aliphatic rings. The Bertz CT molecular complexity index is 355. The van der Waals surface area contributed by atoms with Gasteiger partial charge in [0.1, 0.15) is 12.2 Å². The molecule has 0 radical (unpaired) electrons. The van der Waals surface area contributed by atoms with E-state index < -0.39 is 15.7 Å². The lowest BCUT2D eigenvalue weighted by Gasteiger charge is -2.19. The van der Waals surface area contributed by atoms with Gasteiger partial charge in [0.2, 0.25) is 0 Å². The zero-order valence-corrected chi connectivity index (χ0v) is 12.9. The summed E-state index contributed by atoms with van der Waals surface area (Å²) in [5.41, 5.74) is -0.497. The highest BCUT2D eigenvalue weighted by Gasteiger charge is 2.15. The fourth-order valence-electron chi connectivity index (χ4n) is 1.22. The summed E-state index contributed by atoms with van der Waals surface area (Å²) in [5.74, 6) is -0.382. The first-order valence-electron chi connectivity index (χ1n) is 6.24. The Labute approximate surface area is 115 Å². The minimum absolute atomic E-state index is 0.0584. The standard InChI is InChI=1S/C12H24O6S/c1-12(2,3)18-11(13)10-16-8-6-5-7-9-17-19(4,14)15/h5-10H2,1-4H3. The van der Waals surface area contributed by atoms with Crippen LogP contribution in [0.15, 0.2) is 0 Å². The summed E-state index contributed by atoms with van der Waals surface area (Å²) in [6, 6.07) is 0. The van der Waals surface area contributed by atoms with Crippen molar-refractivity contribution in [2.75, 3.05) is 26.1 Å². The van der Waals surface area contributed by atoms with Crippen molar-refractivity contribution < 1.29 is 26.9 Å². The lowest BCUT2D eigenvalue weighted by molar-refractivity contribution is -0.160. The zero-order chi connectivity index (χ0) is 14.9. The summed E-state index contributed by atoms with van der Waals surface area (Å²) in [6.45, 7) is 5.96. The zero-order valence-electron chi connectivity index (χ0n) is 12.1. The lowest BCUT2D eigenvalue weighted by Crippen LogP contribution is -2.26. The van der Waals surface area contributed by atoms with Crippen LogP contribution in [0.4, 0.5) is 0 Å².